The lowest BCUT2D eigenvalue weighted by atomic mass is 10.1. The molecule has 3 rings (SSSR count). The number of hydrogen-bond donors (Lipinski definition) is 0. The third-order valence-corrected chi connectivity index (χ3v) is 4.84. The van der Waals surface area contributed by atoms with Gasteiger partial charge in [0.25, 0.3) is 0 Å². The number of rotatable bonds is 4. The Balaban J connectivity index is 1.88. The minimum Gasteiger partial charge on any atom is -0.378 e. The maximum Gasteiger partial charge on any atom is 0.134 e. The number of anilines is 1. The van der Waals surface area contributed by atoms with E-state index in [4.69, 9.17) is 11.6 Å². The Kier molecular flexibility index (Phi) is 5.18. The molecule has 2 aromatic carbocycles. The van der Waals surface area contributed by atoms with Crippen molar-refractivity contribution in [3.05, 3.63) is 69.5 Å². The zero-order valence-electron chi connectivity index (χ0n) is 13.9. The van der Waals surface area contributed by atoms with Gasteiger partial charge in [-0.15, -0.1) is 11.3 Å². The van der Waals surface area contributed by atoms with Crippen molar-refractivity contribution < 1.29 is 0 Å². The van der Waals surface area contributed by atoms with Crippen LogP contribution in [0.5, 0.6) is 0 Å². The van der Waals surface area contributed by atoms with Gasteiger partial charge in [0.15, 0.2) is 0 Å². The van der Waals surface area contributed by atoms with Crippen LogP contribution in [0.25, 0.3) is 22.9 Å². The van der Waals surface area contributed by atoms with Gasteiger partial charge in [0, 0.05) is 35.7 Å². The van der Waals surface area contributed by atoms with E-state index in [9.17, 15) is 5.26 Å². The fourth-order valence-corrected chi connectivity index (χ4v) is 3.25. The number of hydrogen-bond acceptors (Lipinski definition) is 4. The largest absolute Gasteiger partial charge is 0.378 e. The van der Waals surface area contributed by atoms with Crippen molar-refractivity contribution in [2.75, 3.05) is 19.0 Å². The normalized spacial score (nSPS) is 11.2. The lowest BCUT2D eigenvalue weighted by Crippen LogP contribution is -2.07. The molecule has 0 aliphatic rings. The third kappa shape index (κ3) is 4.08. The van der Waals surface area contributed by atoms with E-state index in [0.717, 1.165) is 22.5 Å². The highest BCUT2D eigenvalue weighted by Gasteiger charge is 2.09. The van der Waals surface area contributed by atoms with Gasteiger partial charge in [-0.2, -0.15) is 5.26 Å². The van der Waals surface area contributed by atoms with Gasteiger partial charge in [0.05, 0.1) is 11.3 Å². The number of benzene rings is 2. The van der Waals surface area contributed by atoms with Crippen molar-refractivity contribution in [3.8, 4) is 17.3 Å². The van der Waals surface area contributed by atoms with Crippen LogP contribution in [0.15, 0.2) is 53.9 Å². The van der Waals surface area contributed by atoms with Crippen molar-refractivity contribution in [2.45, 2.75) is 0 Å². The minimum absolute atomic E-state index is 0.558. The number of halogens is 1. The summed E-state index contributed by atoms with van der Waals surface area (Å²) in [7, 11) is 4.00. The number of aromatic nitrogens is 1. The molecule has 0 spiro atoms. The Morgan fingerprint density at radius 2 is 1.80 bits per heavy atom. The van der Waals surface area contributed by atoms with Gasteiger partial charge in [-0.3, -0.25) is 0 Å². The molecule has 124 valence electrons. The summed E-state index contributed by atoms with van der Waals surface area (Å²) in [6.45, 7) is 0. The highest BCUT2D eigenvalue weighted by Crippen LogP contribution is 2.28. The Labute approximate surface area is 156 Å². The summed E-state index contributed by atoms with van der Waals surface area (Å²) in [4.78, 5) is 6.64. The van der Waals surface area contributed by atoms with Gasteiger partial charge in [-0.1, -0.05) is 35.9 Å². The molecular formula is C20H16ClN3S. The van der Waals surface area contributed by atoms with Crippen LogP contribution in [-0.2, 0) is 0 Å². The van der Waals surface area contributed by atoms with E-state index in [-0.39, 0.29) is 0 Å². The van der Waals surface area contributed by atoms with E-state index in [1.165, 1.54) is 11.3 Å². The quantitative estimate of drug-likeness (QED) is 0.565. The second kappa shape index (κ2) is 7.52. The van der Waals surface area contributed by atoms with E-state index in [0.29, 0.717) is 15.6 Å². The summed E-state index contributed by atoms with van der Waals surface area (Å²) in [6, 6.07) is 17.8. The molecule has 0 amide bonds. The smallest absolute Gasteiger partial charge is 0.134 e. The van der Waals surface area contributed by atoms with Crippen LogP contribution >= 0.6 is 22.9 Å². The molecule has 0 N–H and O–H groups in total. The molecule has 3 nitrogen and oxygen atoms in total. The molecular weight excluding hydrogens is 350 g/mol. The molecule has 0 radical (unpaired) electrons. The first-order valence-corrected chi connectivity index (χ1v) is 8.93. The van der Waals surface area contributed by atoms with Crippen LogP contribution < -0.4 is 4.90 Å². The molecule has 5 heteroatoms. The molecule has 1 aromatic heterocycles. The van der Waals surface area contributed by atoms with Gasteiger partial charge in [-0.25, -0.2) is 4.98 Å². The number of allylic oxidation sites excluding steroid dienone is 1. The molecule has 0 saturated heterocycles. The van der Waals surface area contributed by atoms with E-state index in [1.54, 1.807) is 0 Å². The van der Waals surface area contributed by atoms with E-state index in [1.807, 2.05) is 79.0 Å². The van der Waals surface area contributed by atoms with Crippen LogP contribution in [0.1, 0.15) is 10.6 Å². The summed E-state index contributed by atoms with van der Waals surface area (Å²) in [5, 5.41) is 12.9. The van der Waals surface area contributed by atoms with Crippen molar-refractivity contribution >= 4 is 40.3 Å². The lowest BCUT2D eigenvalue weighted by Gasteiger charge is -2.11. The second-order valence-electron chi connectivity index (χ2n) is 5.70. The van der Waals surface area contributed by atoms with Gasteiger partial charge in [-0.05, 0) is 35.9 Å². The van der Waals surface area contributed by atoms with Crippen LogP contribution in [0.3, 0.4) is 0 Å². The molecule has 25 heavy (non-hydrogen) atoms. The maximum absolute atomic E-state index is 9.52. The monoisotopic (exact) mass is 365 g/mol. The summed E-state index contributed by atoms with van der Waals surface area (Å²) >= 11 is 7.39. The fourth-order valence-electron chi connectivity index (χ4n) is 2.33. The molecule has 3 aromatic rings. The average Bonchev–Trinajstić information content (AvgIpc) is 3.10. The van der Waals surface area contributed by atoms with E-state index in [2.05, 4.69) is 11.1 Å². The van der Waals surface area contributed by atoms with Crippen LogP contribution in [0.4, 0.5) is 5.69 Å². The molecule has 0 saturated carbocycles. The Hall–Kier alpha value is -2.61. The number of thiazole rings is 1. The summed E-state index contributed by atoms with van der Waals surface area (Å²) < 4.78 is 0. The predicted octanol–water partition coefficient (Wildman–Crippen LogP) is 5.59. The molecule has 1 heterocycles. The van der Waals surface area contributed by atoms with Crippen molar-refractivity contribution in [1.82, 2.24) is 4.98 Å². The summed E-state index contributed by atoms with van der Waals surface area (Å²) in [5.41, 5.74) is 4.49. The first-order valence-electron chi connectivity index (χ1n) is 7.68. The molecule has 0 bridgehead atoms. The van der Waals surface area contributed by atoms with Crippen LogP contribution in [0, 0.1) is 11.3 Å². The van der Waals surface area contributed by atoms with Gasteiger partial charge < -0.3 is 4.90 Å². The van der Waals surface area contributed by atoms with Crippen LogP contribution in [-0.4, -0.2) is 19.1 Å². The van der Waals surface area contributed by atoms with Gasteiger partial charge in [0.1, 0.15) is 11.1 Å². The maximum atomic E-state index is 9.52. The number of nitriles is 1. The van der Waals surface area contributed by atoms with E-state index < -0.39 is 0 Å². The molecule has 0 aliphatic heterocycles. The van der Waals surface area contributed by atoms with Crippen molar-refractivity contribution in [2.24, 2.45) is 0 Å². The third-order valence-electron chi connectivity index (χ3n) is 3.72. The summed E-state index contributed by atoms with van der Waals surface area (Å²) in [6.07, 6.45) is 1.86. The van der Waals surface area contributed by atoms with Gasteiger partial charge in [0.2, 0.25) is 0 Å². The van der Waals surface area contributed by atoms with E-state index >= 15 is 0 Å². The molecule has 0 atom stereocenters. The first-order chi connectivity index (χ1) is 12.1. The predicted molar refractivity (Wildman–Crippen MR) is 107 cm³/mol. The summed E-state index contributed by atoms with van der Waals surface area (Å²) in [5.74, 6) is 0. The van der Waals surface area contributed by atoms with Crippen molar-refractivity contribution in [3.63, 3.8) is 0 Å². The average molecular weight is 366 g/mol. The molecule has 0 aliphatic carbocycles. The van der Waals surface area contributed by atoms with Crippen molar-refractivity contribution in [1.29, 1.82) is 5.26 Å². The lowest BCUT2D eigenvalue weighted by molar-refractivity contribution is 1.13. The first kappa shape index (κ1) is 17.2. The minimum atomic E-state index is 0.558. The highest BCUT2D eigenvalue weighted by molar-refractivity contribution is 7.11. The standard InChI is InChI=1S/C20H16ClN3S/c1-24(2)18-9-3-14(4-10-18)11-16(12-22)20-23-19(13-25-20)15-5-7-17(21)8-6-15/h3-11,13H,1-2H3. The zero-order chi connectivity index (χ0) is 17.8. The Bertz CT molecular complexity index is 932. The Morgan fingerprint density at radius 3 is 2.40 bits per heavy atom. The number of nitrogens with zero attached hydrogens (tertiary/aromatic N) is 3. The molecule has 0 unspecified atom stereocenters. The highest BCUT2D eigenvalue weighted by atomic mass is 35.5. The SMILES string of the molecule is CN(C)c1ccc(C=C(C#N)c2nc(-c3ccc(Cl)cc3)cs2)cc1. The zero-order valence-corrected chi connectivity index (χ0v) is 15.5. The fraction of sp³-hybridized carbons (Fsp3) is 0.100. The van der Waals surface area contributed by atoms with Crippen LogP contribution in [0.2, 0.25) is 5.02 Å². The topological polar surface area (TPSA) is 39.9 Å². The molecule has 0 fully saturated rings. The second-order valence-corrected chi connectivity index (χ2v) is 7.00. The Morgan fingerprint density at radius 1 is 1.12 bits per heavy atom. The van der Waals surface area contributed by atoms with Gasteiger partial charge >= 0.3 is 0 Å².